The summed E-state index contributed by atoms with van der Waals surface area (Å²) in [6, 6.07) is 14.9. The molecule has 0 radical (unpaired) electrons. The van der Waals surface area contributed by atoms with Crippen molar-refractivity contribution >= 4 is 5.97 Å². The molecule has 2 aliphatic rings. The highest BCUT2D eigenvalue weighted by Crippen LogP contribution is 2.21. The fraction of sp³-hybridized carbons (Fsp3) is 0.346. The Hall–Kier alpha value is -3.01. The summed E-state index contributed by atoms with van der Waals surface area (Å²) >= 11 is 0. The van der Waals surface area contributed by atoms with Gasteiger partial charge in [0.2, 0.25) is 0 Å². The summed E-state index contributed by atoms with van der Waals surface area (Å²) in [6.07, 6.45) is 15.5. The largest absolute Gasteiger partial charge is 0.486 e. The van der Waals surface area contributed by atoms with Gasteiger partial charge in [0.25, 0.3) is 0 Å². The first-order valence-electron chi connectivity index (χ1n) is 10.8. The van der Waals surface area contributed by atoms with E-state index in [9.17, 15) is 4.79 Å². The van der Waals surface area contributed by atoms with Crippen LogP contribution in [0.4, 0.5) is 0 Å². The van der Waals surface area contributed by atoms with Gasteiger partial charge in [0.15, 0.2) is 0 Å². The number of allylic oxidation sites excluding steroid dienone is 2. The molecular formula is C26H28O4. The monoisotopic (exact) mass is 404 g/mol. The van der Waals surface area contributed by atoms with Crippen LogP contribution in [0.2, 0.25) is 0 Å². The Labute approximate surface area is 178 Å². The molecule has 0 aliphatic heterocycles. The molecule has 2 aliphatic carbocycles. The Morgan fingerprint density at radius 1 is 0.767 bits per heavy atom. The lowest BCUT2D eigenvalue weighted by Crippen LogP contribution is -2.15. The van der Waals surface area contributed by atoms with Crippen LogP contribution in [0.3, 0.4) is 0 Å². The minimum atomic E-state index is -0.341. The Morgan fingerprint density at radius 2 is 1.30 bits per heavy atom. The molecule has 4 rings (SSSR count). The number of hydrogen-bond acceptors (Lipinski definition) is 4. The highest BCUT2D eigenvalue weighted by atomic mass is 16.5. The maximum Gasteiger partial charge on any atom is 0.338 e. The van der Waals surface area contributed by atoms with Gasteiger partial charge in [0, 0.05) is 0 Å². The second-order valence-corrected chi connectivity index (χ2v) is 7.78. The fourth-order valence-corrected chi connectivity index (χ4v) is 3.67. The van der Waals surface area contributed by atoms with E-state index in [0.717, 1.165) is 49.2 Å². The van der Waals surface area contributed by atoms with Crippen LogP contribution in [0.25, 0.3) is 0 Å². The molecule has 0 aromatic heterocycles. The van der Waals surface area contributed by atoms with E-state index >= 15 is 0 Å². The zero-order chi connectivity index (χ0) is 20.6. The van der Waals surface area contributed by atoms with Crippen LogP contribution in [0.5, 0.6) is 11.5 Å². The van der Waals surface area contributed by atoms with Crippen LogP contribution in [0, 0.1) is 0 Å². The highest BCUT2D eigenvalue weighted by molar-refractivity contribution is 5.89. The van der Waals surface area contributed by atoms with Crippen molar-refractivity contribution in [1.82, 2.24) is 0 Å². The van der Waals surface area contributed by atoms with Gasteiger partial charge in [-0.15, -0.1) is 0 Å². The Kier molecular flexibility index (Phi) is 6.86. The Balaban J connectivity index is 1.25. The summed E-state index contributed by atoms with van der Waals surface area (Å²) < 4.78 is 17.3. The summed E-state index contributed by atoms with van der Waals surface area (Å²) in [6.45, 7) is 0.230. The molecule has 0 bridgehead atoms. The van der Waals surface area contributed by atoms with Crippen molar-refractivity contribution in [2.45, 2.75) is 57.3 Å². The van der Waals surface area contributed by atoms with E-state index in [0.29, 0.717) is 5.56 Å². The number of rotatable bonds is 7. The molecule has 2 unspecified atom stereocenters. The third kappa shape index (κ3) is 5.76. The summed E-state index contributed by atoms with van der Waals surface area (Å²) in [5.74, 6) is 1.27. The van der Waals surface area contributed by atoms with E-state index in [4.69, 9.17) is 14.2 Å². The summed E-state index contributed by atoms with van der Waals surface area (Å²) in [7, 11) is 0. The van der Waals surface area contributed by atoms with Crippen molar-refractivity contribution in [3.8, 4) is 11.5 Å². The third-order valence-electron chi connectivity index (χ3n) is 5.38. The van der Waals surface area contributed by atoms with Crippen molar-refractivity contribution in [1.29, 1.82) is 0 Å². The standard InChI is InChI=1S/C26H28O4/c27-26(21-13-17-25(18-14-21)30-23-9-5-2-6-10-23)28-19-20-11-15-24(16-12-20)29-22-7-3-1-4-8-22/h3,5,7,9,11-18,22-23H,1-2,4,6,8,10,19H2. The van der Waals surface area contributed by atoms with Gasteiger partial charge in [0.05, 0.1) is 5.56 Å². The lowest BCUT2D eigenvalue weighted by atomic mass is 10.1. The Bertz CT molecular complexity index is 880. The molecule has 0 N–H and O–H groups in total. The van der Waals surface area contributed by atoms with E-state index in [1.165, 1.54) is 6.42 Å². The molecule has 0 amide bonds. The van der Waals surface area contributed by atoms with Crippen LogP contribution in [-0.4, -0.2) is 18.2 Å². The number of benzene rings is 2. The van der Waals surface area contributed by atoms with Crippen LogP contribution < -0.4 is 9.47 Å². The normalized spacial score (nSPS) is 20.5. The number of esters is 1. The number of carbonyl (C=O) groups excluding carboxylic acids is 1. The van der Waals surface area contributed by atoms with E-state index in [1.807, 2.05) is 36.4 Å². The van der Waals surface area contributed by atoms with E-state index in [1.54, 1.807) is 12.1 Å². The predicted octanol–water partition coefficient (Wildman–Crippen LogP) is 6.02. The lowest BCUT2D eigenvalue weighted by molar-refractivity contribution is 0.0472. The van der Waals surface area contributed by atoms with Gasteiger partial charge in [-0.25, -0.2) is 4.79 Å². The zero-order valence-electron chi connectivity index (χ0n) is 17.2. The lowest BCUT2D eigenvalue weighted by Gasteiger charge is -2.18. The van der Waals surface area contributed by atoms with Crippen molar-refractivity contribution in [3.05, 3.63) is 84.0 Å². The average Bonchev–Trinajstić information content (AvgIpc) is 2.80. The van der Waals surface area contributed by atoms with Crippen LogP contribution in [0.15, 0.2) is 72.8 Å². The number of carbonyl (C=O) groups is 1. The first-order valence-corrected chi connectivity index (χ1v) is 10.8. The fourth-order valence-electron chi connectivity index (χ4n) is 3.67. The molecule has 4 nitrogen and oxygen atoms in total. The van der Waals surface area contributed by atoms with Crippen molar-refractivity contribution in [2.24, 2.45) is 0 Å². The third-order valence-corrected chi connectivity index (χ3v) is 5.38. The Morgan fingerprint density at radius 3 is 1.80 bits per heavy atom. The van der Waals surface area contributed by atoms with Crippen LogP contribution in [-0.2, 0) is 11.3 Å². The van der Waals surface area contributed by atoms with E-state index in [2.05, 4.69) is 24.3 Å². The SMILES string of the molecule is O=C(OCc1ccc(OC2C=CCCC2)cc1)c1ccc(OC2C=CCCC2)cc1. The maximum absolute atomic E-state index is 12.3. The minimum absolute atomic E-state index is 0.123. The first kappa shape index (κ1) is 20.3. The van der Waals surface area contributed by atoms with E-state index in [-0.39, 0.29) is 24.8 Å². The number of hydrogen-bond donors (Lipinski definition) is 0. The van der Waals surface area contributed by atoms with Gasteiger partial charge < -0.3 is 14.2 Å². The minimum Gasteiger partial charge on any atom is -0.486 e. The van der Waals surface area contributed by atoms with Gasteiger partial charge in [0.1, 0.15) is 30.3 Å². The molecule has 0 saturated heterocycles. The van der Waals surface area contributed by atoms with Crippen LogP contribution >= 0.6 is 0 Å². The van der Waals surface area contributed by atoms with Crippen LogP contribution in [0.1, 0.15) is 54.4 Å². The maximum atomic E-state index is 12.3. The predicted molar refractivity (Wildman–Crippen MR) is 117 cm³/mol. The second-order valence-electron chi connectivity index (χ2n) is 7.78. The molecule has 156 valence electrons. The summed E-state index contributed by atoms with van der Waals surface area (Å²) in [4.78, 5) is 12.3. The summed E-state index contributed by atoms with van der Waals surface area (Å²) in [5, 5.41) is 0. The molecular weight excluding hydrogens is 376 g/mol. The molecule has 2 atom stereocenters. The topological polar surface area (TPSA) is 44.8 Å². The van der Waals surface area contributed by atoms with Crippen molar-refractivity contribution < 1.29 is 19.0 Å². The van der Waals surface area contributed by atoms with Crippen molar-refractivity contribution in [3.63, 3.8) is 0 Å². The van der Waals surface area contributed by atoms with E-state index < -0.39 is 0 Å². The zero-order valence-corrected chi connectivity index (χ0v) is 17.2. The average molecular weight is 405 g/mol. The van der Waals surface area contributed by atoms with Gasteiger partial charge in [-0.1, -0.05) is 24.3 Å². The molecule has 0 heterocycles. The quantitative estimate of drug-likeness (QED) is 0.418. The van der Waals surface area contributed by atoms with Gasteiger partial charge in [-0.05, 0) is 92.6 Å². The molecule has 0 saturated carbocycles. The summed E-state index contributed by atoms with van der Waals surface area (Å²) in [5.41, 5.74) is 1.45. The first-order chi connectivity index (χ1) is 14.8. The molecule has 2 aromatic carbocycles. The molecule has 0 spiro atoms. The molecule has 0 fully saturated rings. The van der Waals surface area contributed by atoms with Gasteiger partial charge in [-0.2, -0.15) is 0 Å². The molecule has 2 aromatic rings. The van der Waals surface area contributed by atoms with Gasteiger partial charge >= 0.3 is 5.97 Å². The van der Waals surface area contributed by atoms with Crippen molar-refractivity contribution in [2.75, 3.05) is 0 Å². The smallest absolute Gasteiger partial charge is 0.338 e. The highest BCUT2D eigenvalue weighted by Gasteiger charge is 2.12. The number of ether oxygens (including phenoxy) is 3. The second kappa shape index (κ2) is 10.1. The van der Waals surface area contributed by atoms with Gasteiger partial charge in [-0.3, -0.25) is 0 Å². The molecule has 30 heavy (non-hydrogen) atoms. The molecule has 4 heteroatoms.